The number of rotatable bonds is 1. The lowest BCUT2D eigenvalue weighted by atomic mass is 10.4. The van der Waals surface area contributed by atoms with Crippen molar-refractivity contribution in [1.82, 2.24) is 4.90 Å². The highest BCUT2D eigenvalue weighted by atomic mass is 16.7. The Morgan fingerprint density at radius 2 is 2.00 bits per heavy atom. The van der Waals surface area contributed by atoms with Gasteiger partial charge in [-0.15, -0.1) is 0 Å². The molecule has 1 amide bonds. The van der Waals surface area contributed by atoms with Crippen molar-refractivity contribution in [2.75, 3.05) is 0 Å². The van der Waals surface area contributed by atoms with E-state index < -0.39 is 18.2 Å². The predicted octanol–water partition coefficient (Wildman–Crippen LogP) is -2.48. The maximum atomic E-state index is 10.7. The molecule has 0 radical (unpaired) electrons. The maximum Gasteiger partial charge on any atom is 0.373 e. The van der Waals surface area contributed by atoms with Gasteiger partial charge < -0.3 is 20.4 Å². The van der Waals surface area contributed by atoms with E-state index in [2.05, 4.69) is 0 Å². The average Bonchev–Trinajstić information content (AvgIpc) is 2.08. The van der Waals surface area contributed by atoms with Crippen LogP contribution in [-0.2, 0) is 4.79 Å². The summed E-state index contributed by atoms with van der Waals surface area (Å²) in [6.45, 7) is 0. The SMILES string of the molecule is O=C1CCC(O)N1C(O)(O)O. The van der Waals surface area contributed by atoms with Crippen molar-refractivity contribution in [3.8, 4) is 0 Å². The number of aliphatic hydroxyl groups excluding tert-OH is 1. The lowest BCUT2D eigenvalue weighted by Gasteiger charge is -2.28. The summed E-state index contributed by atoms with van der Waals surface area (Å²) in [6.07, 6.45) is -4.46. The molecule has 1 rings (SSSR count). The third kappa shape index (κ3) is 1.48. The van der Waals surface area contributed by atoms with Crippen molar-refractivity contribution in [2.45, 2.75) is 25.2 Å². The molecule has 1 fully saturated rings. The first-order valence-electron chi connectivity index (χ1n) is 3.10. The lowest BCUT2D eigenvalue weighted by Crippen LogP contribution is -2.53. The molecule has 4 N–H and O–H groups in total. The van der Waals surface area contributed by atoms with Gasteiger partial charge in [0.05, 0.1) is 0 Å². The van der Waals surface area contributed by atoms with E-state index in [1.165, 1.54) is 0 Å². The number of aliphatic hydroxyl groups is 4. The van der Waals surface area contributed by atoms with Crippen LogP contribution < -0.4 is 0 Å². The highest BCUT2D eigenvalue weighted by molar-refractivity contribution is 5.78. The minimum atomic E-state index is -3.24. The minimum absolute atomic E-state index is 0.00456. The fourth-order valence-electron chi connectivity index (χ4n) is 1.04. The van der Waals surface area contributed by atoms with Crippen molar-refractivity contribution in [2.24, 2.45) is 0 Å². The molecule has 1 aliphatic heterocycles. The second kappa shape index (κ2) is 2.42. The van der Waals surface area contributed by atoms with Crippen molar-refractivity contribution in [3.63, 3.8) is 0 Å². The molecule has 1 atom stereocenters. The molecule has 0 bridgehead atoms. The van der Waals surface area contributed by atoms with E-state index in [0.29, 0.717) is 0 Å². The monoisotopic (exact) mass is 163 g/mol. The zero-order valence-electron chi connectivity index (χ0n) is 5.64. The highest BCUT2D eigenvalue weighted by Gasteiger charge is 2.42. The Morgan fingerprint density at radius 1 is 1.45 bits per heavy atom. The van der Waals surface area contributed by atoms with E-state index in [0.717, 1.165) is 0 Å². The molecule has 6 heteroatoms. The smallest absolute Gasteiger partial charge is 0.373 e. The summed E-state index contributed by atoms with van der Waals surface area (Å²) in [5, 5.41) is 34.5. The van der Waals surface area contributed by atoms with Crippen LogP contribution in [-0.4, -0.2) is 43.6 Å². The first-order chi connectivity index (χ1) is 4.93. The van der Waals surface area contributed by atoms with Gasteiger partial charge in [0.1, 0.15) is 6.23 Å². The molecule has 0 aliphatic carbocycles. The fraction of sp³-hybridized carbons (Fsp3) is 0.800. The number of likely N-dealkylation sites (tertiary alicyclic amines) is 1. The van der Waals surface area contributed by atoms with E-state index in [9.17, 15) is 4.79 Å². The zero-order chi connectivity index (χ0) is 8.65. The van der Waals surface area contributed by atoms with Gasteiger partial charge in [0.2, 0.25) is 5.91 Å². The Labute approximate surface area is 62.3 Å². The average molecular weight is 163 g/mol. The fourth-order valence-corrected chi connectivity index (χ4v) is 1.04. The summed E-state index contributed by atoms with van der Waals surface area (Å²) in [7, 11) is 0. The molecule has 1 saturated heterocycles. The first kappa shape index (κ1) is 8.41. The van der Waals surface area contributed by atoms with Crippen LogP contribution in [0.3, 0.4) is 0 Å². The van der Waals surface area contributed by atoms with Gasteiger partial charge in [-0.25, -0.2) is 4.90 Å². The molecule has 6 nitrogen and oxygen atoms in total. The van der Waals surface area contributed by atoms with E-state index >= 15 is 0 Å². The van der Waals surface area contributed by atoms with Crippen molar-refractivity contribution >= 4 is 5.91 Å². The molecule has 0 aromatic rings. The van der Waals surface area contributed by atoms with Gasteiger partial charge in [0.25, 0.3) is 0 Å². The summed E-state index contributed by atoms with van der Waals surface area (Å²) >= 11 is 0. The van der Waals surface area contributed by atoms with Crippen LogP contribution in [0.5, 0.6) is 0 Å². The Kier molecular flexibility index (Phi) is 1.85. The van der Waals surface area contributed by atoms with Crippen molar-refractivity contribution in [1.29, 1.82) is 0 Å². The van der Waals surface area contributed by atoms with Crippen molar-refractivity contribution in [3.05, 3.63) is 0 Å². The van der Waals surface area contributed by atoms with Crippen LogP contribution in [0.4, 0.5) is 0 Å². The van der Waals surface area contributed by atoms with E-state index in [4.69, 9.17) is 20.4 Å². The Bertz CT molecular complexity index is 174. The third-order valence-corrected chi connectivity index (χ3v) is 1.51. The number of carbonyl (C=O) groups is 1. The molecule has 0 spiro atoms. The predicted molar refractivity (Wildman–Crippen MR) is 31.5 cm³/mol. The van der Waals surface area contributed by atoms with Gasteiger partial charge in [-0.05, 0) is 0 Å². The minimum Gasteiger partial charge on any atom is -0.373 e. The lowest BCUT2D eigenvalue weighted by molar-refractivity contribution is -0.396. The van der Waals surface area contributed by atoms with Crippen LogP contribution in [0.25, 0.3) is 0 Å². The molecule has 0 aromatic heterocycles. The largest absolute Gasteiger partial charge is 0.373 e. The Hall–Kier alpha value is -0.690. The molecule has 0 aromatic carbocycles. The van der Waals surface area contributed by atoms with Gasteiger partial charge in [0.15, 0.2) is 0 Å². The van der Waals surface area contributed by atoms with Crippen LogP contribution in [0.2, 0.25) is 0 Å². The summed E-state index contributed by atoms with van der Waals surface area (Å²) in [5.74, 6) is -0.690. The Morgan fingerprint density at radius 3 is 2.18 bits per heavy atom. The van der Waals surface area contributed by atoms with Gasteiger partial charge in [-0.1, -0.05) is 0 Å². The molecule has 1 aliphatic rings. The summed E-state index contributed by atoms with van der Waals surface area (Å²) in [6, 6.07) is 0. The maximum absolute atomic E-state index is 10.7. The number of amides is 1. The standard InChI is InChI=1S/C5H9NO5/c7-3-1-2-4(8)6(3)5(9,10)11/h3,7,9-11H,1-2H2. The summed E-state index contributed by atoms with van der Waals surface area (Å²) in [5.41, 5.74) is 0. The van der Waals surface area contributed by atoms with Gasteiger partial charge in [-0.2, -0.15) is 0 Å². The topological polar surface area (TPSA) is 101 Å². The number of nitrogens with zero attached hydrogens (tertiary/aromatic N) is 1. The number of hydrogen-bond acceptors (Lipinski definition) is 5. The second-order valence-corrected chi connectivity index (χ2v) is 2.38. The summed E-state index contributed by atoms with van der Waals surface area (Å²) in [4.78, 5) is 10.9. The van der Waals surface area contributed by atoms with Crippen LogP contribution in [0.1, 0.15) is 12.8 Å². The van der Waals surface area contributed by atoms with Gasteiger partial charge in [-0.3, -0.25) is 4.79 Å². The van der Waals surface area contributed by atoms with E-state index in [1.54, 1.807) is 0 Å². The van der Waals surface area contributed by atoms with Gasteiger partial charge in [0, 0.05) is 12.8 Å². The van der Waals surface area contributed by atoms with E-state index in [1.807, 2.05) is 0 Å². The van der Waals surface area contributed by atoms with Crippen LogP contribution in [0, 0.1) is 0 Å². The highest BCUT2D eigenvalue weighted by Crippen LogP contribution is 2.21. The molecule has 1 heterocycles. The third-order valence-electron chi connectivity index (χ3n) is 1.51. The number of carbonyl (C=O) groups excluding carboxylic acids is 1. The van der Waals surface area contributed by atoms with Gasteiger partial charge >= 0.3 is 6.10 Å². The molecule has 64 valence electrons. The molecular weight excluding hydrogens is 154 g/mol. The van der Waals surface area contributed by atoms with Crippen LogP contribution in [0.15, 0.2) is 0 Å². The first-order valence-corrected chi connectivity index (χ1v) is 3.10. The molecule has 1 unspecified atom stereocenters. The Balaban J connectivity index is 2.77. The number of hydrogen-bond donors (Lipinski definition) is 4. The molecule has 0 saturated carbocycles. The normalized spacial score (nSPS) is 26.4. The molecule has 11 heavy (non-hydrogen) atoms. The second-order valence-electron chi connectivity index (χ2n) is 2.38. The van der Waals surface area contributed by atoms with Crippen molar-refractivity contribution < 1.29 is 25.2 Å². The molecular formula is C5H9NO5. The summed E-state index contributed by atoms with van der Waals surface area (Å²) < 4.78 is 0. The zero-order valence-corrected chi connectivity index (χ0v) is 5.64. The van der Waals surface area contributed by atoms with E-state index in [-0.39, 0.29) is 17.7 Å². The van der Waals surface area contributed by atoms with Crippen LogP contribution >= 0.6 is 0 Å². The quantitative estimate of drug-likeness (QED) is 0.320.